The SMILES string of the molecule is O=C(c1ccc(N2CCCC2)c([N+](=O)[O-])c1)N1CCN(Cc2cccs2)CC1. The van der Waals surface area contributed by atoms with E-state index in [9.17, 15) is 14.9 Å². The summed E-state index contributed by atoms with van der Waals surface area (Å²) in [6, 6.07) is 9.11. The zero-order valence-corrected chi connectivity index (χ0v) is 16.6. The number of thiophene rings is 1. The number of piperazine rings is 1. The van der Waals surface area contributed by atoms with Crippen molar-refractivity contribution in [2.45, 2.75) is 19.4 Å². The number of rotatable bonds is 5. The highest BCUT2D eigenvalue weighted by atomic mass is 32.1. The lowest BCUT2D eigenvalue weighted by Crippen LogP contribution is -2.48. The van der Waals surface area contributed by atoms with Crippen molar-refractivity contribution in [1.29, 1.82) is 0 Å². The first kappa shape index (κ1) is 18.9. The van der Waals surface area contributed by atoms with Gasteiger partial charge in [0.15, 0.2) is 0 Å². The standard InChI is InChI=1S/C20H24N4O3S/c25-20(23-11-9-21(10-12-23)15-17-4-3-13-28-17)16-5-6-18(19(14-16)24(26)27)22-7-1-2-8-22/h3-6,13-14H,1-2,7-12,15H2. The molecule has 2 aromatic rings. The molecule has 4 rings (SSSR count). The van der Waals surface area contributed by atoms with E-state index in [1.54, 1.807) is 28.4 Å². The van der Waals surface area contributed by atoms with E-state index in [0.717, 1.165) is 45.6 Å². The Kier molecular flexibility index (Phi) is 5.59. The van der Waals surface area contributed by atoms with E-state index >= 15 is 0 Å². The van der Waals surface area contributed by atoms with Crippen LogP contribution in [0.15, 0.2) is 35.7 Å². The molecule has 148 valence electrons. The van der Waals surface area contributed by atoms with Crippen molar-refractivity contribution < 1.29 is 9.72 Å². The van der Waals surface area contributed by atoms with Gasteiger partial charge in [-0.2, -0.15) is 0 Å². The molecule has 1 amide bonds. The molecule has 0 saturated carbocycles. The number of benzene rings is 1. The maximum Gasteiger partial charge on any atom is 0.293 e. The predicted molar refractivity (Wildman–Crippen MR) is 110 cm³/mol. The maximum absolute atomic E-state index is 12.9. The summed E-state index contributed by atoms with van der Waals surface area (Å²) in [6.07, 6.45) is 2.10. The number of amides is 1. The van der Waals surface area contributed by atoms with Gasteiger partial charge >= 0.3 is 0 Å². The Morgan fingerprint density at radius 3 is 2.46 bits per heavy atom. The minimum absolute atomic E-state index is 0.0316. The number of carbonyl (C=O) groups is 1. The molecule has 28 heavy (non-hydrogen) atoms. The summed E-state index contributed by atoms with van der Waals surface area (Å²) in [6.45, 7) is 5.50. The van der Waals surface area contributed by atoms with Crippen LogP contribution in [0, 0.1) is 10.1 Å². The van der Waals surface area contributed by atoms with Crippen LogP contribution in [0.3, 0.4) is 0 Å². The molecule has 2 aliphatic rings. The van der Waals surface area contributed by atoms with Crippen molar-refractivity contribution >= 4 is 28.6 Å². The van der Waals surface area contributed by atoms with Crippen LogP contribution in [-0.2, 0) is 6.54 Å². The number of hydrogen-bond donors (Lipinski definition) is 0. The van der Waals surface area contributed by atoms with Crippen molar-refractivity contribution in [2.24, 2.45) is 0 Å². The number of nitrogens with zero attached hydrogens (tertiary/aromatic N) is 4. The van der Waals surface area contributed by atoms with E-state index in [-0.39, 0.29) is 16.5 Å². The van der Waals surface area contributed by atoms with Crippen LogP contribution in [0.25, 0.3) is 0 Å². The topological polar surface area (TPSA) is 69.9 Å². The molecule has 0 bridgehead atoms. The molecule has 0 radical (unpaired) electrons. The molecule has 1 aromatic carbocycles. The van der Waals surface area contributed by atoms with Crippen LogP contribution in [-0.4, -0.2) is 59.9 Å². The Morgan fingerprint density at radius 1 is 1.07 bits per heavy atom. The van der Waals surface area contributed by atoms with Gasteiger partial charge in [0.2, 0.25) is 0 Å². The summed E-state index contributed by atoms with van der Waals surface area (Å²) in [7, 11) is 0. The van der Waals surface area contributed by atoms with Gasteiger partial charge in [-0.05, 0) is 36.4 Å². The van der Waals surface area contributed by atoms with Crippen LogP contribution < -0.4 is 4.90 Å². The summed E-state index contributed by atoms with van der Waals surface area (Å²) >= 11 is 1.75. The third-order valence-electron chi connectivity index (χ3n) is 5.48. The zero-order chi connectivity index (χ0) is 19.5. The summed E-state index contributed by atoms with van der Waals surface area (Å²) in [4.78, 5) is 31.6. The Bertz CT molecular complexity index is 841. The summed E-state index contributed by atoms with van der Waals surface area (Å²) in [5.74, 6) is -0.119. The number of hydrogen-bond acceptors (Lipinski definition) is 6. The van der Waals surface area contributed by atoms with Crippen molar-refractivity contribution in [2.75, 3.05) is 44.2 Å². The van der Waals surface area contributed by atoms with E-state index < -0.39 is 0 Å². The van der Waals surface area contributed by atoms with Crippen molar-refractivity contribution in [3.05, 3.63) is 56.3 Å². The highest BCUT2D eigenvalue weighted by Crippen LogP contribution is 2.32. The maximum atomic E-state index is 12.9. The van der Waals surface area contributed by atoms with Crippen LogP contribution in [0.4, 0.5) is 11.4 Å². The molecular formula is C20H24N4O3S. The largest absolute Gasteiger partial charge is 0.366 e. The van der Waals surface area contributed by atoms with E-state index in [1.807, 2.05) is 4.90 Å². The van der Waals surface area contributed by atoms with Crippen molar-refractivity contribution in [3.8, 4) is 0 Å². The van der Waals surface area contributed by atoms with Gasteiger partial charge in [-0.15, -0.1) is 11.3 Å². The van der Waals surface area contributed by atoms with Gasteiger partial charge in [-0.1, -0.05) is 6.07 Å². The fourth-order valence-corrected chi connectivity index (χ4v) is 4.69. The molecular weight excluding hydrogens is 376 g/mol. The van der Waals surface area contributed by atoms with Crippen LogP contribution in [0.5, 0.6) is 0 Å². The number of nitro benzene ring substituents is 1. The van der Waals surface area contributed by atoms with Gasteiger partial charge < -0.3 is 9.80 Å². The third-order valence-corrected chi connectivity index (χ3v) is 6.35. The fraction of sp³-hybridized carbons (Fsp3) is 0.450. The summed E-state index contributed by atoms with van der Waals surface area (Å²) in [5.41, 5.74) is 1.06. The van der Waals surface area contributed by atoms with Gasteiger partial charge in [-0.25, -0.2) is 0 Å². The van der Waals surface area contributed by atoms with E-state index in [0.29, 0.717) is 24.3 Å². The second kappa shape index (κ2) is 8.28. The first-order valence-electron chi connectivity index (χ1n) is 9.69. The normalized spacial score (nSPS) is 17.9. The lowest BCUT2D eigenvalue weighted by atomic mass is 10.1. The van der Waals surface area contributed by atoms with Crippen molar-refractivity contribution in [3.63, 3.8) is 0 Å². The molecule has 1 aromatic heterocycles. The minimum Gasteiger partial charge on any atom is -0.366 e. The molecule has 8 heteroatoms. The Labute approximate surface area is 168 Å². The van der Waals surface area contributed by atoms with Crippen LogP contribution in [0.2, 0.25) is 0 Å². The van der Waals surface area contributed by atoms with Gasteiger partial charge in [-0.3, -0.25) is 19.8 Å². The van der Waals surface area contributed by atoms with Gasteiger partial charge in [0.1, 0.15) is 5.69 Å². The fourth-order valence-electron chi connectivity index (χ4n) is 3.94. The third kappa shape index (κ3) is 4.02. The minimum atomic E-state index is -0.372. The van der Waals surface area contributed by atoms with Gasteiger partial charge in [0.05, 0.1) is 4.92 Å². The molecule has 0 atom stereocenters. The lowest BCUT2D eigenvalue weighted by molar-refractivity contribution is -0.384. The molecule has 0 spiro atoms. The molecule has 2 fully saturated rings. The molecule has 0 unspecified atom stereocenters. The predicted octanol–water partition coefficient (Wildman–Crippen LogP) is 3.21. The smallest absolute Gasteiger partial charge is 0.293 e. The molecule has 7 nitrogen and oxygen atoms in total. The molecule has 0 aliphatic carbocycles. The van der Waals surface area contributed by atoms with Crippen LogP contribution >= 0.6 is 11.3 Å². The van der Waals surface area contributed by atoms with Crippen molar-refractivity contribution in [1.82, 2.24) is 9.80 Å². The van der Waals surface area contributed by atoms with E-state index in [2.05, 4.69) is 22.4 Å². The Hall–Kier alpha value is -2.45. The average Bonchev–Trinajstić information content (AvgIpc) is 3.42. The molecule has 2 saturated heterocycles. The number of carbonyl (C=O) groups excluding carboxylic acids is 1. The van der Waals surface area contributed by atoms with Gasteiger partial charge in [0.25, 0.3) is 11.6 Å². The first-order chi connectivity index (χ1) is 13.6. The highest BCUT2D eigenvalue weighted by molar-refractivity contribution is 7.09. The first-order valence-corrected chi connectivity index (χ1v) is 10.6. The van der Waals surface area contributed by atoms with Gasteiger partial charge in [0, 0.05) is 62.3 Å². The second-order valence-corrected chi connectivity index (χ2v) is 8.33. The Balaban J connectivity index is 1.43. The molecule has 3 heterocycles. The summed E-state index contributed by atoms with van der Waals surface area (Å²) in [5, 5.41) is 13.6. The quantitative estimate of drug-likeness (QED) is 0.569. The number of nitro groups is 1. The average molecular weight is 401 g/mol. The summed E-state index contributed by atoms with van der Waals surface area (Å²) < 4.78 is 0. The molecule has 0 N–H and O–H groups in total. The Morgan fingerprint density at radius 2 is 1.82 bits per heavy atom. The zero-order valence-electron chi connectivity index (χ0n) is 15.7. The second-order valence-electron chi connectivity index (χ2n) is 7.30. The number of anilines is 1. The molecule has 2 aliphatic heterocycles. The van der Waals surface area contributed by atoms with E-state index in [1.165, 1.54) is 10.9 Å². The van der Waals surface area contributed by atoms with Crippen LogP contribution in [0.1, 0.15) is 28.1 Å². The highest BCUT2D eigenvalue weighted by Gasteiger charge is 2.27. The van der Waals surface area contributed by atoms with E-state index in [4.69, 9.17) is 0 Å². The monoisotopic (exact) mass is 400 g/mol. The lowest BCUT2D eigenvalue weighted by Gasteiger charge is -2.34.